The lowest BCUT2D eigenvalue weighted by atomic mass is 9.98. The largest absolute Gasteiger partial charge is 0.497 e. The third kappa shape index (κ3) is 13.0. The number of carbonyl (C=O) groups excluding carboxylic acids is 4. The van der Waals surface area contributed by atoms with Gasteiger partial charge in [-0.05, 0) is 93.1 Å². The Morgan fingerprint density at radius 2 is 1.26 bits per heavy atom. The highest BCUT2D eigenvalue weighted by atomic mass is 16.5. The average molecular weight is 739 g/mol. The summed E-state index contributed by atoms with van der Waals surface area (Å²) in [5.74, 6) is -0.297. The lowest BCUT2D eigenvalue weighted by Crippen LogP contribution is -2.47. The molecule has 0 saturated heterocycles. The predicted octanol–water partition coefficient (Wildman–Crippen LogP) is 8.73. The summed E-state index contributed by atoms with van der Waals surface area (Å²) in [5.41, 5.74) is 2.73. The van der Waals surface area contributed by atoms with Gasteiger partial charge in [0.25, 0.3) is 11.8 Å². The first-order chi connectivity index (χ1) is 26.0. The van der Waals surface area contributed by atoms with Crippen LogP contribution in [-0.4, -0.2) is 72.3 Å². The number of amides is 4. The Morgan fingerprint density at radius 1 is 0.722 bits per heavy atom. The molecule has 0 radical (unpaired) electrons. The highest BCUT2D eigenvalue weighted by Gasteiger charge is 2.32. The van der Waals surface area contributed by atoms with E-state index in [0.717, 1.165) is 30.4 Å². The zero-order valence-electron chi connectivity index (χ0n) is 33.3. The van der Waals surface area contributed by atoms with Crippen molar-refractivity contribution in [1.29, 1.82) is 0 Å². The smallest absolute Gasteiger partial charge is 0.254 e. The van der Waals surface area contributed by atoms with Crippen molar-refractivity contribution >= 4 is 23.6 Å². The molecule has 1 atom stereocenters. The second kappa shape index (κ2) is 21.3. The molecule has 0 aliphatic carbocycles. The molecule has 54 heavy (non-hydrogen) atoms. The highest BCUT2D eigenvalue weighted by Crippen LogP contribution is 2.29. The van der Waals surface area contributed by atoms with Gasteiger partial charge in [0.15, 0.2) is 0 Å². The summed E-state index contributed by atoms with van der Waals surface area (Å²) < 4.78 is 5.41. The summed E-state index contributed by atoms with van der Waals surface area (Å²) in [6.07, 6.45) is 13.1. The van der Waals surface area contributed by atoms with Gasteiger partial charge in [-0.1, -0.05) is 101 Å². The molecule has 0 saturated carbocycles. The van der Waals surface area contributed by atoms with Gasteiger partial charge in [0.2, 0.25) is 11.8 Å². The fraction of sp³-hybridized carbons (Fsp3) is 0.511. The lowest BCUT2D eigenvalue weighted by Gasteiger charge is -2.32. The van der Waals surface area contributed by atoms with E-state index in [9.17, 15) is 19.2 Å². The minimum atomic E-state index is -0.887. The van der Waals surface area contributed by atoms with Gasteiger partial charge in [-0.2, -0.15) is 0 Å². The number of benzene rings is 3. The second-order valence-corrected chi connectivity index (χ2v) is 15.5. The third-order valence-electron chi connectivity index (χ3n) is 9.85. The first-order valence-electron chi connectivity index (χ1n) is 20.0. The number of fused-ring (bicyclic) bond motifs is 5. The summed E-state index contributed by atoms with van der Waals surface area (Å²) in [7, 11) is 1.60. The molecule has 2 N–H and O–H groups in total. The molecule has 1 aliphatic rings. The SMILES string of the molecule is CCCCCCCCCCCCNC(=O)C(c1ccc(OC)cc1)N1CCCCN(CC(=O)NC(C)(C)C)C(=O)c2cccc(c2)-c2cccc(c2)C1=O. The Labute approximate surface area is 323 Å². The van der Waals surface area contributed by atoms with E-state index in [4.69, 9.17) is 4.74 Å². The quantitative estimate of drug-likeness (QED) is 0.135. The minimum absolute atomic E-state index is 0.0890. The van der Waals surface area contributed by atoms with Gasteiger partial charge in [0.05, 0.1) is 13.7 Å². The van der Waals surface area contributed by atoms with Crippen molar-refractivity contribution in [3.8, 4) is 16.9 Å². The number of methoxy groups -OCH3 is 1. The van der Waals surface area contributed by atoms with E-state index in [-0.39, 0.29) is 36.7 Å². The Balaban J connectivity index is 1.59. The molecule has 9 heteroatoms. The van der Waals surface area contributed by atoms with E-state index in [1.54, 1.807) is 29.0 Å². The number of unbranched alkanes of at least 4 members (excludes halogenated alkanes) is 9. The molecule has 1 aliphatic heterocycles. The number of ether oxygens (including phenoxy) is 1. The molecule has 0 aromatic heterocycles. The summed E-state index contributed by atoms with van der Waals surface area (Å²) >= 11 is 0. The number of hydrogen-bond acceptors (Lipinski definition) is 5. The van der Waals surface area contributed by atoms with Gasteiger partial charge < -0.3 is 25.2 Å². The van der Waals surface area contributed by atoms with Gasteiger partial charge in [0.1, 0.15) is 11.8 Å². The Bertz CT molecular complexity index is 1660. The molecule has 0 spiro atoms. The Morgan fingerprint density at radius 3 is 1.83 bits per heavy atom. The van der Waals surface area contributed by atoms with Gasteiger partial charge in [-0.15, -0.1) is 0 Å². The molecular weight excluding hydrogens is 677 g/mol. The fourth-order valence-corrected chi connectivity index (χ4v) is 7.01. The molecule has 4 amide bonds. The summed E-state index contributed by atoms with van der Waals surface area (Å²) in [6.45, 7) is 8.99. The van der Waals surface area contributed by atoms with Crippen LogP contribution < -0.4 is 15.4 Å². The summed E-state index contributed by atoms with van der Waals surface area (Å²) in [6, 6.07) is 21.1. The lowest BCUT2D eigenvalue weighted by molar-refractivity contribution is -0.126. The van der Waals surface area contributed by atoms with Crippen molar-refractivity contribution in [2.75, 3.05) is 33.3 Å². The van der Waals surface area contributed by atoms with Crippen LogP contribution in [0.4, 0.5) is 0 Å². The normalized spacial score (nSPS) is 14.3. The van der Waals surface area contributed by atoms with E-state index < -0.39 is 11.6 Å². The van der Waals surface area contributed by atoms with Crippen molar-refractivity contribution in [1.82, 2.24) is 20.4 Å². The molecular formula is C45H62N4O5. The van der Waals surface area contributed by atoms with E-state index in [1.165, 1.54) is 44.9 Å². The van der Waals surface area contributed by atoms with Crippen LogP contribution in [0.5, 0.6) is 5.75 Å². The van der Waals surface area contributed by atoms with Gasteiger partial charge >= 0.3 is 0 Å². The first kappa shape index (κ1) is 42.1. The van der Waals surface area contributed by atoms with Crippen LogP contribution in [-0.2, 0) is 9.59 Å². The van der Waals surface area contributed by atoms with Crippen LogP contribution >= 0.6 is 0 Å². The average Bonchev–Trinajstić information content (AvgIpc) is 3.16. The van der Waals surface area contributed by atoms with E-state index in [0.29, 0.717) is 48.4 Å². The minimum Gasteiger partial charge on any atom is -0.497 e. The van der Waals surface area contributed by atoms with Gasteiger partial charge in [-0.3, -0.25) is 19.2 Å². The van der Waals surface area contributed by atoms with Crippen LogP contribution in [0.25, 0.3) is 11.1 Å². The van der Waals surface area contributed by atoms with Crippen LogP contribution in [0.1, 0.15) is 137 Å². The topological polar surface area (TPSA) is 108 Å². The molecule has 1 unspecified atom stereocenters. The number of rotatable bonds is 17. The molecule has 4 bridgehead atoms. The van der Waals surface area contributed by atoms with Crippen LogP contribution in [0.15, 0.2) is 72.8 Å². The fourth-order valence-electron chi connectivity index (χ4n) is 7.01. The molecule has 9 nitrogen and oxygen atoms in total. The molecule has 3 aromatic carbocycles. The zero-order valence-corrected chi connectivity index (χ0v) is 33.3. The van der Waals surface area contributed by atoms with Crippen molar-refractivity contribution in [3.05, 3.63) is 89.5 Å². The first-order valence-corrected chi connectivity index (χ1v) is 20.0. The zero-order chi connectivity index (χ0) is 38.9. The Kier molecular flexibility index (Phi) is 16.6. The number of nitrogens with zero attached hydrogens (tertiary/aromatic N) is 2. The standard InChI is InChI=1S/C45H62N4O5/c1-6-7-8-9-10-11-12-13-14-15-28-46-42(51)41(34-24-26-39(54-5)27-25-34)49-30-17-16-29-48(33-40(50)47-45(2,3)4)43(52)37-22-18-20-35(31-37)36-21-19-23-38(32-36)44(49)53/h18-27,31-32,41H,6-17,28-30,33H2,1-5H3,(H,46,51)(H,47,50). The number of carbonyl (C=O) groups is 4. The molecule has 1 heterocycles. The van der Waals surface area contributed by atoms with Crippen molar-refractivity contribution in [2.24, 2.45) is 0 Å². The van der Waals surface area contributed by atoms with Crippen molar-refractivity contribution in [3.63, 3.8) is 0 Å². The summed E-state index contributed by atoms with van der Waals surface area (Å²) in [4.78, 5) is 59.0. The molecule has 0 fully saturated rings. The van der Waals surface area contributed by atoms with Crippen LogP contribution in [0, 0.1) is 0 Å². The van der Waals surface area contributed by atoms with E-state index in [1.807, 2.05) is 81.4 Å². The van der Waals surface area contributed by atoms with Crippen LogP contribution in [0.3, 0.4) is 0 Å². The molecule has 3 aromatic rings. The molecule has 292 valence electrons. The van der Waals surface area contributed by atoms with E-state index in [2.05, 4.69) is 17.6 Å². The molecule has 4 rings (SSSR count). The van der Waals surface area contributed by atoms with Crippen molar-refractivity contribution in [2.45, 2.75) is 116 Å². The maximum absolute atomic E-state index is 14.6. The highest BCUT2D eigenvalue weighted by molar-refractivity contribution is 6.00. The maximum atomic E-state index is 14.6. The second-order valence-electron chi connectivity index (χ2n) is 15.5. The Hall–Kier alpha value is -4.66. The van der Waals surface area contributed by atoms with Gasteiger partial charge in [-0.25, -0.2) is 0 Å². The number of hydrogen-bond donors (Lipinski definition) is 2. The number of nitrogens with one attached hydrogen (secondary N) is 2. The van der Waals surface area contributed by atoms with Crippen LogP contribution in [0.2, 0.25) is 0 Å². The predicted molar refractivity (Wildman–Crippen MR) is 217 cm³/mol. The van der Waals surface area contributed by atoms with Gasteiger partial charge in [0, 0.05) is 36.3 Å². The maximum Gasteiger partial charge on any atom is 0.254 e. The monoisotopic (exact) mass is 738 g/mol. The van der Waals surface area contributed by atoms with E-state index >= 15 is 0 Å². The third-order valence-corrected chi connectivity index (χ3v) is 9.85. The summed E-state index contributed by atoms with van der Waals surface area (Å²) in [5, 5.41) is 6.13. The van der Waals surface area contributed by atoms with Crippen molar-refractivity contribution < 1.29 is 23.9 Å².